The van der Waals surface area contributed by atoms with Gasteiger partial charge in [0.15, 0.2) is 0 Å². The van der Waals surface area contributed by atoms with Gasteiger partial charge < -0.3 is 4.90 Å². The highest BCUT2D eigenvalue weighted by Crippen LogP contribution is 2.18. The number of carbonyl (C=O) groups excluding carboxylic acids is 1. The Morgan fingerprint density at radius 3 is 2.42 bits per heavy atom. The number of aromatic nitrogens is 2. The molecular formula is C18H24N4O2. The first kappa shape index (κ1) is 16.5. The van der Waals surface area contributed by atoms with E-state index in [0.29, 0.717) is 12.2 Å². The molecule has 1 saturated heterocycles. The van der Waals surface area contributed by atoms with Crippen LogP contribution in [0.3, 0.4) is 0 Å². The van der Waals surface area contributed by atoms with Gasteiger partial charge in [0.1, 0.15) is 5.69 Å². The Hall–Kier alpha value is -2.34. The molecule has 0 atom stereocenters. The van der Waals surface area contributed by atoms with Crippen molar-refractivity contribution in [3.8, 4) is 5.69 Å². The standard InChI is InChI=1S/C18H24N4O2/c1-14-17(19(2)16(23)13-21-11-7-8-12-21)18(24)22(20(14)3)15-9-5-4-6-10-15/h4-6,9-10H,7-8,11-13H2,1-3H3. The molecule has 6 nitrogen and oxygen atoms in total. The molecule has 0 aliphatic carbocycles. The van der Waals surface area contributed by atoms with Gasteiger partial charge in [-0.15, -0.1) is 0 Å². The second-order valence-corrected chi connectivity index (χ2v) is 6.35. The molecule has 1 aliphatic heterocycles. The van der Waals surface area contributed by atoms with Crippen molar-refractivity contribution in [1.29, 1.82) is 0 Å². The van der Waals surface area contributed by atoms with Crippen molar-refractivity contribution in [2.75, 3.05) is 31.6 Å². The number of amides is 1. The second-order valence-electron chi connectivity index (χ2n) is 6.35. The minimum absolute atomic E-state index is 0.0390. The normalized spacial score (nSPS) is 15.0. The van der Waals surface area contributed by atoms with Crippen molar-refractivity contribution in [3.63, 3.8) is 0 Å². The third-order valence-corrected chi connectivity index (χ3v) is 4.79. The molecule has 0 saturated carbocycles. The minimum atomic E-state index is -0.168. The highest BCUT2D eigenvalue weighted by atomic mass is 16.2. The van der Waals surface area contributed by atoms with Crippen molar-refractivity contribution in [1.82, 2.24) is 14.3 Å². The quantitative estimate of drug-likeness (QED) is 0.855. The van der Waals surface area contributed by atoms with Crippen LogP contribution in [0.1, 0.15) is 18.5 Å². The van der Waals surface area contributed by atoms with E-state index in [2.05, 4.69) is 4.90 Å². The van der Waals surface area contributed by atoms with E-state index in [9.17, 15) is 9.59 Å². The van der Waals surface area contributed by atoms with Crippen LogP contribution < -0.4 is 10.5 Å². The van der Waals surface area contributed by atoms with Crippen LogP contribution in [0.15, 0.2) is 35.1 Å². The maximum Gasteiger partial charge on any atom is 0.295 e. The lowest BCUT2D eigenvalue weighted by molar-refractivity contribution is -0.119. The lowest BCUT2D eigenvalue weighted by Gasteiger charge is -2.20. The van der Waals surface area contributed by atoms with E-state index >= 15 is 0 Å². The molecule has 1 fully saturated rings. The molecule has 2 aromatic rings. The summed E-state index contributed by atoms with van der Waals surface area (Å²) in [6, 6.07) is 9.47. The highest BCUT2D eigenvalue weighted by molar-refractivity contribution is 5.94. The lowest BCUT2D eigenvalue weighted by atomic mass is 10.3. The maximum absolute atomic E-state index is 12.9. The van der Waals surface area contributed by atoms with Gasteiger partial charge in [-0.2, -0.15) is 0 Å². The number of hydrogen-bond acceptors (Lipinski definition) is 3. The predicted octanol–water partition coefficient (Wildman–Crippen LogP) is 1.54. The number of para-hydroxylation sites is 1. The molecule has 1 aromatic heterocycles. The zero-order valence-electron chi connectivity index (χ0n) is 14.5. The average Bonchev–Trinajstić information content (AvgIpc) is 3.15. The van der Waals surface area contributed by atoms with Crippen molar-refractivity contribution in [3.05, 3.63) is 46.4 Å². The Balaban J connectivity index is 1.93. The lowest BCUT2D eigenvalue weighted by Crippen LogP contribution is -2.39. The summed E-state index contributed by atoms with van der Waals surface area (Å²) >= 11 is 0. The molecule has 1 amide bonds. The van der Waals surface area contributed by atoms with Crippen LogP contribution in [0.2, 0.25) is 0 Å². The molecule has 1 aliphatic rings. The topological polar surface area (TPSA) is 50.5 Å². The fourth-order valence-electron chi connectivity index (χ4n) is 3.30. The Morgan fingerprint density at radius 2 is 1.79 bits per heavy atom. The average molecular weight is 328 g/mol. The maximum atomic E-state index is 12.9. The molecule has 128 valence electrons. The fourth-order valence-corrected chi connectivity index (χ4v) is 3.30. The smallest absolute Gasteiger partial charge is 0.295 e. The van der Waals surface area contributed by atoms with E-state index in [1.807, 2.05) is 44.3 Å². The van der Waals surface area contributed by atoms with Gasteiger partial charge in [0.25, 0.3) is 5.56 Å². The number of hydrogen-bond donors (Lipinski definition) is 0. The van der Waals surface area contributed by atoms with Gasteiger partial charge in [-0.05, 0) is 45.0 Å². The Bertz CT molecular complexity index is 785. The number of carbonyl (C=O) groups is 1. The van der Waals surface area contributed by atoms with Crippen molar-refractivity contribution in [2.24, 2.45) is 7.05 Å². The zero-order chi connectivity index (χ0) is 17.3. The summed E-state index contributed by atoms with van der Waals surface area (Å²) in [5, 5.41) is 0. The summed E-state index contributed by atoms with van der Waals surface area (Å²) < 4.78 is 3.40. The molecule has 24 heavy (non-hydrogen) atoms. The highest BCUT2D eigenvalue weighted by Gasteiger charge is 2.25. The van der Waals surface area contributed by atoms with Crippen LogP contribution in [-0.2, 0) is 11.8 Å². The number of likely N-dealkylation sites (tertiary alicyclic amines) is 1. The number of anilines is 1. The molecular weight excluding hydrogens is 304 g/mol. The minimum Gasteiger partial charge on any atom is -0.308 e. The van der Waals surface area contributed by atoms with Crippen molar-refractivity contribution in [2.45, 2.75) is 19.8 Å². The summed E-state index contributed by atoms with van der Waals surface area (Å²) in [6.07, 6.45) is 2.28. The summed E-state index contributed by atoms with van der Waals surface area (Å²) in [5.74, 6) is -0.0390. The van der Waals surface area contributed by atoms with Gasteiger partial charge >= 0.3 is 0 Å². The SMILES string of the molecule is Cc1c(N(C)C(=O)CN2CCCC2)c(=O)n(-c2ccccc2)n1C. The van der Waals surface area contributed by atoms with E-state index in [1.165, 1.54) is 4.90 Å². The molecule has 1 aromatic carbocycles. The first-order valence-electron chi connectivity index (χ1n) is 8.33. The van der Waals surface area contributed by atoms with Crippen LogP contribution in [-0.4, -0.2) is 46.9 Å². The van der Waals surface area contributed by atoms with Gasteiger partial charge in [-0.3, -0.25) is 19.2 Å². The molecule has 0 bridgehead atoms. The van der Waals surface area contributed by atoms with E-state index in [0.717, 1.165) is 37.3 Å². The van der Waals surface area contributed by atoms with E-state index in [1.54, 1.807) is 16.4 Å². The fraction of sp³-hybridized carbons (Fsp3) is 0.444. The van der Waals surface area contributed by atoms with Gasteiger partial charge in [0.2, 0.25) is 5.91 Å². The van der Waals surface area contributed by atoms with Crippen LogP contribution in [0.5, 0.6) is 0 Å². The number of likely N-dealkylation sites (N-methyl/N-ethyl adjacent to an activating group) is 1. The van der Waals surface area contributed by atoms with Gasteiger partial charge in [-0.1, -0.05) is 18.2 Å². The number of rotatable bonds is 4. The molecule has 2 heterocycles. The van der Waals surface area contributed by atoms with Crippen molar-refractivity contribution < 1.29 is 4.79 Å². The Morgan fingerprint density at radius 1 is 1.17 bits per heavy atom. The first-order valence-corrected chi connectivity index (χ1v) is 8.33. The van der Waals surface area contributed by atoms with Crippen LogP contribution in [0.25, 0.3) is 5.69 Å². The molecule has 0 spiro atoms. The molecule has 0 unspecified atom stereocenters. The van der Waals surface area contributed by atoms with Gasteiger partial charge in [-0.25, -0.2) is 4.68 Å². The Labute approximate surface area is 141 Å². The molecule has 6 heteroatoms. The largest absolute Gasteiger partial charge is 0.308 e. The Kier molecular flexibility index (Phi) is 4.57. The predicted molar refractivity (Wildman–Crippen MR) is 94.8 cm³/mol. The summed E-state index contributed by atoms with van der Waals surface area (Å²) in [5.41, 5.74) is 1.85. The van der Waals surface area contributed by atoms with Crippen LogP contribution >= 0.6 is 0 Å². The molecule has 3 rings (SSSR count). The van der Waals surface area contributed by atoms with E-state index in [4.69, 9.17) is 0 Å². The summed E-state index contributed by atoms with van der Waals surface area (Å²) in [7, 11) is 3.53. The van der Waals surface area contributed by atoms with E-state index < -0.39 is 0 Å². The monoisotopic (exact) mass is 328 g/mol. The van der Waals surface area contributed by atoms with E-state index in [-0.39, 0.29) is 11.5 Å². The third kappa shape index (κ3) is 2.89. The number of benzene rings is 1. The number of nitrogens with zero attached hydrogens (tertiary/aromatic N) is 4. The molecule has 0 N–H and O–H groups in total. The first-order chi connectivity index (χ1) is 11.5. The van der Waals surface area contributed by atoms with Gasteiger partial charge in [0, 0.05) is 14.1 Å². The van der Waals surface area contributed by atoms with Gasteiger partial charge in [0.05, 0.1) is 17.9 Å². The van der Waals surface area contributed by atoms with Crippen LogP contribution in [0, 0.1) is 6.92 Å². The zero-order valence-corrected chi connectivity index (χ0v) is 14.5. The molecule has 0 radical (unpaired) electrons. The van der Waals surface area contributed by atoms with Crippen molar-refractivity contribution >= 4 is 11.6 Å². The van der Waals surface area contributed by atoms with Crippen LogP contribution in [0.4, 0.5) is 5.69 Å². The second kappa shape index (κ2) is 6.65. The third-order valence-electron chi connectivity index (χ3n) is 4.79. The summed E-state index contributed by atoms with van der Waals surface area (Å²) in [6.45, 7) is 4.16. The summed E-state index contributed by atoms with van der Waals surface area (Å²) in [4.78, 5) is 29.2.